The van der Waals surface area contributed by atoms with Gasteiger partial charge in [-0.3, -0.25) is 4.90 Å². The maximum absolute atomic E-state index is 5.66. The topological polar surface area (TPSA) is 29.3 Å². The first-order valence-electron chi connectivity index (χ1n) is 6.76. The molecular weight excluding hydrogens is 244 g/mol. The van der Waals surface area contributed by atoms with Gasteiger partial charge < -0.3 is 5.73 Å². The Labute approximate surface area is 117 Å². The predicted molar refractivity (Wildman–Crippen MR) is 80.1 cm³/mol. The van der Waals surface area contributed by atoms with Crippen LogP contribution in [0.5, 0.6) is 0 Å². The molecule has 3 heteroatoms. The standard InChI is InChI=1S/C15H24N2.ClH/c1-13-4-2-5-15(10-13)12-17-9-3-6-14(11-17)7-8-16;/h2,4-5,10,14H,3,6-9,11-12,16H2,1H3;1H. The van der Waals surface area contributed by atoms with Crippen molar-refractivity contribution in [2.45, 2.75) is 32.7 Å². The van der Waals surface area contributed by atoms with E-state index in [1.807, 2.05) is 0 Å². The van der Waals surface area contributed by atoms with E-state index >= 15 is 0 Å². The van der Waals surface area contributed by atoms with Crippen LogP contribution in [-0.2, 0) is 6.54 Å². The van der Waals surface area contributed by atoms with Crippen LogP contribution in [0.3, 0.4) is 0 Å². The van der Waals surface area contributed by atoms with E-state index in [4.69, 9.17) is 5.73 Å². The summed E-state index contributed by atoms with van der Waals surface area (Å²) >= 11 is 0. The fourth-order valence-corrected chi connectivity index (χ4v) is 2.83. The van der Waals surface area contributed by atoms with Crippen molar-refractivity contribution in [3.05, 3.63) is 35.4 Å². The third-order valence-electron chi connectivity index (χ3n) is 3.67. The van der Waals surface area contributed by atoms with E-state index in [0.717, 1.165) is 19.0 Å². The lowest BCUT2D eigenvalue weighted by Crippen LogP contribution is -2.35. The molecule has 0 radical (unpaired) electrons. The Morgan fingerprint density at radius 3 is 2.94 bits per heavy atom. The molecule has 1 atom stereocenters. The van der Waals surface area contributed by atoms with Crippen molar-refractivity contribution in [2.75, 3.05) is 19.6 Å². The van der Waals surface area contributed by atoms with Gasteiger partial charge in [0.2, 0.25) is 0 Å². The van der Waals surface area contributed by atoms with E-state index in [0.29, 0.717) is 0 Å². The van der Waals surface area contributed by atoms with Crippen LogP contribution < -0.4 is 5.73 Å². The molecule has 1 aromatic rings. The van der Waals surface area contributed by atoms with E-state index < -0.39 is 0 Å². The van der Waals surface area contributed by atoms with Gasteiger partial charge in [0.15, 0.2) is 0 Å². The number of piperidine rings is 1. The van der Waals surface area contributed by atoms with Gasteiger partial charge in [-0.2, -0.15) is 0 Å². The monoisotopic (exact) mass is 268 g/mol. The quantitative estimate of drug-likeness (QED) is 0.910. The zero-order valence-corrected chi connectivity index (χ0v) is 12.1. The van der Waals surface area contributed by atoms with Crippen molar-refractivity contribution >= 4 is 12.4 Å². The first kappa shape index (κ1) is 15.5. The number of hydrogen-bond donors (Lipinski definition) is 1. The number of aryl methyl sites for hydroxylation is 1. The molecule has 1 aliphatic rings. The van der Waals surface area contributed by atoms with E-state index in [1.54, 1.807) is 0 Å². The highest BCUT2D eigenvalue weighted by Gasteiger charge is 2.19. The van der Waals surface area contributed by atoms with Crippen LogP contribution in [0.2, 0.25) is 0 Å². The van der Waals surface area contributed by atoms with Crippen LogP contribution in [0.4, 0.5) is 0 Å². The second kappa shape index (κ2) is 7.78. The molecule has 0 aromatic heterocycles. The molecule has 18 heavy (non-hydrogen) atoms. The van der Waals surface area contributed by atoms with Gasteiger partial charge in [-0.25, -0.2) is 0 Å². The van der Waals surface area contributed by atoms with Crippen molar-refractivity contribution in [1.82, 2.24) is 4.90 Å². The summed E-state index contributed by atoms with van der Waals surface area (Å²) in [4.78, 5) is 2.58. The Bertz CT molecular complexity index is 352. The minimum Gasteiger partial charge on any atom is -0.330 e. The van der Waals surface area contributed by atoms with E-state index in [-0.39, 0.29) is 12.4 Å². The lowest BCUT2D eigenvalue weighted by atomic mass is 9.94. The Balaban J connectivity index is 0.00000162. The third-order valence-corrected chi connectivity index (χ3v) is 3.67. The highest BCUT2D eigenvalue weighted by molar-refractivity contribution is 5.85. The van der Waals surface area contributed by atoms with Crippen molar-refractivity contribution in [1.29, 1.82) is 0 Å². The van der Waals surface area contributed by atoms with Gasteiger partial charge in [-0.05, 0) is 50.8 Å². The normalized spacial score (nSPS) is 20.4. The van der Waals surface area contributed by atoms with Crippen molar-refractivity contribution < 1.29 is 0 Å². The second-order valence-electron chi connectivity index (χ2n) is 5.31. The second-order valence-corrected chi connectivity index (χ2v) is 5.31. The minimum absolute atomic E-state index is 0. The maximum atomic E-state index is 5.66. The summed E-state index contributed by atoms with van der Waals surface area (Å²) in [5.41, 5.74) is 8.46. The number of benzene rings is 1. The maximum Gasteiger partial charge on any atom is 0.0233 e. The van der Waals surface area contributed by atoms with Crippen LogP contribution in [-0.4, -0.2) is 24.5 Å². The lowest BCUT2D eigenvalue weighted by molar-refractivity contribution is 0.163. The molecular formula is C15H25ClN2. The average Bonchev–Trinajstić information content (AvgIpc) is 2.30. The molecule has 0 saturated carbocycles. The molecule has 102 valence electrons. The first-order chi connectivity index (χ1) is 8.28. The molecule has 0 amide bonds. The highest BCUT2D eigenvalue weighted by Crippen LogP contribution is 2.20. The number of halogens is 1. The van der Waals surface area contributed by atoms with Crippen LogP contribution in [0.1, 0.15) is 30.4 Å². The first-order valence-corrected chi connectivity index (χ1v) is 6.76. The van der Waals surface area contributed by atoms with Gasteiger partial charge in [-0.1, -0.05) is 29.8 Å². The van der Waals surface area contributed by atoms with Crippen molar-refractivity contribution in [3.8, 4) is 0 Å². The molecule has 1 unspecified atom stereocenters. The molecule has 0 aliphatic carbocycles. The van der Waals surface area contributed by atoms with Gasteiger partial charge in [0, 0.05) is 13.1 Å². The largest absolute Gasteiger partial charge is 0.330 e. The van der Waals surface area contributed by atoms with Gasteiger partial charge >= 0.3 is 0 Å². The molecule has 2 rings (SSSR count). The molecule has 1 fully saturated rings. The summed E-state index contributed by atoms with van der Waals surface area (Å²) in [6, 6.07) is 8.86. The molecule has 1 heterocycles. The van der Waals surface area contributed by atoms with Gasteiger partial charge in [0.25, 0.3) is 0 Å². The summed E-state index contributed by atoms with van der Waals surface area (Å²) < 4.78 is 0. The predicted octanol–water partition coefficient (Wildman–Crippen LogP) is 2.98. The van der Waals surface area contributed by atoms with Crippen LogP contribution in [0.15, 0.2) is 24.3 Å². The number of nitrogens with two attached hydrogens (primary N) is 1. The number of rotatable bonds is 4. The smallest absolute Gasteiger partial charge is 0.0233 e. The summed E-state index contributed by atoms with van der Waals surface area (Å²) in [5.74, 6) is 0.818. The van der Waals surface area contributed by atoms with Gasteiger partial charge in [-0.15, -0.1) is 12.4 Å². The number of likely N-dealkylation sites (tertiary alicyclic amines) is 1. The van der Waals surface area contributed by atoms with Crippen molar-refractivity contribution in [3.63, 3.8) is 0 Å². The lowest BCUT2D eigenvalue weighted by Gasteiger charge is -2.32. The van der Waals surface area contributed by atoms with Gasteiger partial charge in [0.05, 0.1) is 0 Å². The number of nitrogens with zero attached hydrogens (tertiary/aromatic N) is 1. The fourth-order valence-electron chi connectivity index (χ4n) is 2.83. The van der Waals surface area contributed by atoms with Crippen LogP contribution in [0, 0.1) is 12.8 Å². The zero-order chi connectivity index (χ0) is 12.1. The SMILES string of the molecule is Cc1cccc(CN2CCCC(CCN)C2)c1.Cl. The zero-order valence-electron chi connectivity index (χ0n) is 11.3. The summed E-state index contributed by atoms with van der Waals surface area (Å²) in [6.45, 7) is 6.57. The summed E-state index contributed by atoms with van der Waals surface area (Å²) in [6.07, 6.45) is 3.88. The van der Waals surface area contributed by atoms with E-state index in [2.05, 4.69) is 36.1 Å². The third kappa shape index (κ3) is 4.60. The van der Waals surface area contributed by atoms with Crippen molar-refractivity contribution in [2.24, 2.45) is 11.7 Å². The Kier molecular flexibility index (Phi) is 6.69. The Morgan fingerprint density at radius 1 is 1.39 bits per heavy atom. The molecule has 2 N–H and O–H groups in total. The minimum atomic E-state index is 0. The Hall–Kier alpha value is -0.570. The molecule has 1 saturated heterocycles. The molecule has 1 aliphatic heterocycles. The van der Waals surface area contributed by atoms with Crippen LogP contribution >= 0.6 is 12.4 Å². The average molecular weight is 269 g/mol. The van der Waals surface area contributed by atoms with Crippen LogP contribution in [0.25, 0.3) is 0 Å². The molecule has 0 spiro atoms. The molecule has 0 bridgehead atoms. The summed E-state index contributed by atoms with van der Waals surface area (Å²) in [7, 11) is 0. The van der Waals surface area contributed by atoms with Gasteiger partial charge in [0.1, 0.15) is 0 Å². The summed E-state index contributed by atoms with van der Waals surface area (Å²) in [5, 5.41) is 0. The number of hydrogen-bond acceptors (Lipinski definition) is 2. The molecule has 1 aromatic carbocycles. The molecule has 2 nitrogen and oxygen atoms in total. The highest BCUT2D eigenvalue weighted by atomic mass is 35.5. The fraction of sp³-hybridized carbons (Fsp3) is 0.600. The van der Waals surface area contributed by atoms with E-state index in [9.17, 15) is 0 Å². The Morgan fingerprint density at radius 2 is 2.22 bits per heavy atom. The van der Waals surface area contributed by atoms with E-state index in [1.165, 1.54) is 43.5 Å².